The first kappa shape index (κ1) is 23.3. The van der Waals surface area contributed by atoms with Gasteiger partial charge in [-0.25, -0.2) is 8.42 Å². The van der Waals surface area contributed by atoms with Gasteiger partial charge in [-0.15, -0.1) is 0 Å². The molecular formula is C21H28N2O6S. The molecule has 0 radical (unpaired) electrons. The molecule has 0 spiro atoms. The van der Waals surface area contributed by atoms with Crippen LogP contribution in [-0.4, -0.2) is 48.0 Å². The molecule has 2 aromatic carbocycles. The first-order chi connectivity index (χ1) is 14.1. The molecule has 0 fully saturated rings. The van der Waals surface area contributed by atoms with Crippen LogP contribution in [-0.2, 0) is 14.8 Å². The van der Waals surface area contributed by atoms with Gasteiger partial charge in [0.1, 0.15) is 11.8 Å². The maximum atomic E-state index is 12.9. The lowest BCUT2D eigenvalue weighted by molar-refractivity contribution is -0.122. The second-order valence-electron chi connectivity index (χ2n) is 6.78. The Bertz CT molecular complexity index is 975. The molecule has 164 valence electrons. The van der Waals surface area contributed by atoms with E-state index >= 15 is 0 Å². The number of benzene rings is 2. The molecule has 0 unspecified atom stereocenters. The van der Waals surface area contributed by atoms with Crippen LogP contribution in [0.15, 0.2) is 42.5 Å². The van der Waals surface area contributed by atoms with E-state index in [9.17, 15) is 13.2 Å². The van der Waals surface area contributed by atoms with Crippen LogP contribution in [0.25, 0.3) is 0 Å². The number of ether oxygens (including phenoxy) is 3. The minimum Gasteiger partial charge on any atom is -0.497 e. The summed E-state index contributed by atoms with van der Waals surface area (Å²) < 4.78 is 41.6. The number of sulfonamides is 1. The SMILES string of the molecule is COc1ccc(N([C@@H](C)C(=O)N[C@H](C)c2ccc(OC)c(OC)c2)S(C)(=O)=O)cc1. The highest BCUT2D eigenvalue weighted by Gasteiger charge is 2.30. The van der Waals surface area contributed by atoms with Crippen LogP contribution in [0.2, 0.25) is 0 Å². The Labute approximate surface area is 177 Å². The molecule has 0 aliphatic rings. The largest absolute Gasteiger partial charge is 0.497 e. The minimum absolute atomic E-state index is 0.375. The van der Waals surface area contributed by atoms with Gasteiger partial charge in [-0.05, 0) is 55.8 Å². The van der Waals surface area contributed by atoms with E-state index in [2.05, 4.69) is 5.32 Å². The van der Waals surface area contributed by atoms with Gasteiger partial charge in [0.2, 0.25) is 15.9 Å². The molecule has 0 heterocycles. The molecule has 0 aliphatic heterocycles. The van der Waals surface area contributed by atoms with Crippen LogP contribution < -0.4 is 23.8 Å². The third-order valence-electron chi connectivity index (χ3n) is 4.68. The summed E-state index contributed by atoms with van der Waals surface area (Å²) >= 11 is 0. The Kier molecular flexibility index (Phi) is 7.55. The van der Waals surface area contributed by atoms with Crippen molar-refractivity contribution < 1.29 is 27.4 Å². The zero-order chi connectivity index (χ0) is 22.5. The van der Waals surface area contributed by atoms with Gasteiger partial charge < -0.3 is 19.5 Å². The summed E-state index contributed by atoms with van der Waals surface area (Å²) in [4.78, 5) is 12.9. The van der Waals surface area contributed by atoms with Gasteiger partial charge in [0.05, 0.1) is 39.3 Å². The third-order valence-corrected chi connectivity index (χ3v) is 5.92. The first-order valence-corrected chi connectivity index (χ1v) is 11.1. The molecule has 30 heavy (non-hydrogen) atoms. The van der Waals surface area contributed by atoms with Crippen LogP contribution >= 0.6 is 0 Å². The molecule has 2 aromatic rings. The number of carbonyl (C=O) groups excluding carboxylic acids is 1. The summed E-state index contributed by atoms with van der Waals surface area (Å²) in [5.74, 6) is 1.28. The standard InChI is InChI=1S/C21H28N2O6S/c1-14(16-7-12-19(28-4)20(13-16)29-5)22-21(24)15(2)23(30(6,25)26)17-8-10-18(27-3)11-9-17/h7-15H,1-6H3,(H,22,24)/t14-,15+/m1/s1. The smallest absolute Gasteiger partial charge is 0.244 e. The van der Waals surface area contributed by atoms with Crippen LogP contribution in [0.5, 0.6) is 17.2 Å². The second kappa shape index (κ2) is 9.71. The highest BCUT2D eigenvalue weighted by Crippen LogP contribution is 2.30. The summed E-state index contributed by atoms with van der Waals surface area (Å²) in [6.07, 6.45) is 1.07. The molecule has 0 aliphatic carbocycles. The number of nitrogens with zero attached hydrogens (tertiary/aromatic N) is 1. The molecule has 1 amide bonds. The maximum absolute atomic E-state index is 12.9. The Morgan fingerprint density at radius 3 is 2.03 bits per heavy atom. The van der Waals surface area contributed by atoms with E-state index < -0.39 is 22.0 Å². The van der Waals surface area contributed by atoms with Crippen molar-refractivity contribution in [3.05, 3.63) is 48.0 Å². The summed E-state index contributed by atoms with van der Waals surface area (Å²) in [6.45, 7) is 3.35. The number of methoxy groups -OCH3 is 3. The number of amides is 1. The first-order valence-electron chi connectivity index (χ1n) is 9.28. The van der Waals surface area contributed by atoms with Crippen molar-refractivity contribution >= 4 is 21.6 Å². The van der Waals surface area contributed by atoms with Crippen molar-refractivity contribution in [2.75, 3.05) is 31.9 Å². The number of nitrogens with one attached hydrogen (secondary N) is 1. The number of anilines is 1. The number of hydrogen-bond donors (Lipinski definition) is 1. The van der Waals surface area contributed by atoms with Crippen LogP contribution in [0.1, 0.15) is 25.5 Å². The van der Waals surface area contributed by atoms with Crippen molar-refractivity contribution in [2.45, 2.75) is 25.9 Å². The topological polar surface area (TPSA) is 94.2 Å². The highest BCUT2D eigenvalue weighted by molar-refractivity contribution is 7.92. The fourth-order valence-electron chi connectivity index (χ4n) is 3.08. The number of carbonyl (C=O) groups is 1. The summed E-state index contributed by atoms with van der Waals surface area (Å²) in [5.41, 5.74) is 1.17. The van der Waals surface area contributed by atoms with Gasteiger partial charge in [0.15, 0.2) is 11.5 Å². The molecule has 2 atom stereocenters. The predicted molar refractivity (Wildman–Crippen MR) is 116 cm³/mol. The minimum atomic E-state index is -3.71. The van der Waals surface area contributed by atoms with Gasteiger partial charge in [-0.3, -0.25) is 9.10 Å². The fraction of sp³-hybridized carbons (Fsp3) is 0.381. The average Bonchev–Trinajstić information content (AvgIpc) is 2.72. The molecular weight excluding hydrogens is 408 g/mol. The lowest BCUT2D eigenvalue weighted by atomic mass is 10.1. The van der Waals surface area contributed by atoms with Gasteiger partial charge in [0.25, 0.3) is 0 Å². The zero-order valence-corrected chi connectivity index (χ0v) is 18.8. The molecule has 1 N–H and O–H groups in total. The van der Waals surface area contributed by atoms with Crippen LogP contribution in [0.4, 0.5) is 5.69 Å². The summed E-state index contributed by atoms with van der Waals surface area (Å²) in [5, 5.41) is 2.86. The van der Waals surface area contributed by atoms with Gasteiger partial charge >= 0.3 is 0 Å². The van der Waals surface area contributed by atoms with Gasteiger partial charge in [0, 0.05) is 0 Å². The Hall–Kier alpha value is -2.94. The molecule has 0 bridgehead atoms. The normalized spacial score (nSPS) is 13.1. The molecule has 2 rings (SSSR count). The quantitative estimate of drug-likeness (QED) is 0.650. The van der Waals surface area contributed by atoms with Gasteiger partial charge in [-0.2, -0.15) is 0 Å². The number of rotatable bonds is 9. The van der Waals surface area contributed by atoms with E-state index in [1.165, 1.54) is 14.2 Å². The van der Waals surface area contributed by atoms with E-state index in [1.54, 1.807) is 50.4 Å². The Morgan fingerprint density at radius 1 is 0.933 bits per heavy atom. The third kappa shape index (κ3) is 5.35. The van der Waals surface area contributed by atoms with Crippen molar-refractivity contribution in [3.63, 3.8) is 0 Å². The summed E-state index contributed by atoms with van der Waals surface area (Å²) in [7, 11) is 0.895. The van der Waals surface area contributed by atoms with Crippen molar-refractivity contribution in [2.24, 2.45) is 0 Å². The van der Waals surface area contributed by atoms with Crippen LogP contribution in [0.3, 0.4) is 0 Å². The van der Waals surface area contributed by atoms with E-state index in [-0.39, 0.29) is 6.04 Å². The van der Waals surface area contributed by atoms with Crippen LogP contribution in [0, 0.1) is 0 Å². The maximum Gasteiger partial charge on any atom is 0.244 e. The lowest BCUT2D eigenvalue weighted by Gasteiger charge is -2.29. The lowest BCUT2D eigenvalue weighted by Crippen LogP contribution is -2.48. The molecule has 0 saturated carbocycles. The Morgan fingerprint density at radius 2 is 1.53 bits per heavy atom. The van der Waals surface area contributed by atoms with Gasteiger partial charge in [-0.1, -0.05) is 6.07 Å². The average molecular weight is 437 g/mol. The molecule has 0 aromatic heterocycles. The molecule has 8 nitrogen and oxygen atoms in total. The second-order valence-corrected chi connectivity index (χ2v) is 8.64. The fourth-order valence-corrected chi connectivity index (χ4v) is 4.25. The zero-order valence-electron chi connectivity index (χ0n) is 18.0. The van der Waals surface area contributed by atoms with Crippen molar-refractivity contribution in [3.8, 4) is 17.2 Å². The van der Waals surface area contributed by atoms with Crippen molar-refractivity contribution in [1.82, 2.24) is 5.32 Å². The molecule has 9 heteroatoms. The van der Waals surface area contributed by atoms with E-state index in [0.29, 0.717) is 22.9 Å². The monoisotopic (exact) mass is 436 g/mol. The van der Waals surface area contributed by atoms with E-state index in [4.69, 9.17) is 14.2 Å². The van der Waals surface area contributed by atoms with E-state index in [0.717, 1.165) is 16.1 Å². The predicted octanol–water partition coefficient (Wildman–Crippen LogP) is 2.74. The van der Waals surface area contributed by atoms with E-state index in [1.807, 2.05) is 13.0 Å². The molecule has 0 saturated heterocycles. The number of hydrogen-bond acceptors (Lipinski definition) is 6. The van der Waals surface area contributed by atoms with Crippen molar-refractivity contribution in [1.29, 1.82) is 0 Å². The highest BCUT2D eigenvalue weighted by atomic mass is 32.2. The Balaban J connectivity index is 2.24. The summed E-state index contributed by atoms with van der Waals surface area (Å²) in [6, 6.07) is 10.5.